The lowest BCUT2D eigenvalue weighted by molar-refractivity contribution is -0.0505. The largest absolute Gasteiger partial charge is 0.462 e. The number of para-hydroxylation sites is 1. The molecule has 0 saturated heterocycles. The van der Waals surface area contributed by atoms with Crippen LogP contribution < -0.4 is 4.74 Å². The van der Waals surface area contributed by atoms with Gasteiger partial charge in [0, 0.05) is 5.69 Å². The summed E-state index contributed by atoms with van der Waals surface area (Å²) in [6, 6.07) is 5.32. The molecule has 0 unspecified atom stereocenters. The Kier molecular flexibility index (Phi) is 7.08. The minimum absolute atomic E-state index is 0.1000. The number of alkyl halides is 2. The van der Waals surface area contributed by atoms with Crippen molar-refractivity contribution in [3.63, 3.8) is 0 Å². The van der Waals surface area contributed by atoms with E-state index in [9.17, 15) is 23.2 Å². The van der Waals surface area contributed by atoms with Gasteiger partial charge in [-0.25, -0.2) is 9.59 Å². The Bertz CT molecular complexity index is 922. The Morgan fingerprint density at radius 3 is 2.38 bits per heavy atom. The monoisotopic (exact) mass is 409 g/mol. The highest BCUT2D eigenvalue weighted by Crippen LogP contribution is 2.24. The number of carbonyl (C=O) groups excluding carboxylic acids is 3. The maximum atomic E-state index is 12.7. The van der Waals surface area contributed by atoms with Gasteiger partial charge in [0.25, 0.3) is 0 Å². The van der Waals surface area contributed by atoms with Crippen LogP contribution in [0, 0.1) is 13.8 Å². The second-order valence-corrected chi connectivity index (χ2v) is 6.13. The number of hydrogen-bond acceptors (Lipinski definition) is 6. The lowest BCUT2D eigenvalue weighted by Crippen LogP contribution is -2.25. The Balaban J connectivity index is 2.21. The van der Waals surface area contributed by atoms with Gasteiger partial charge in [0.05, 0.1) is 17.9 Å². The van der Waals surface area contributed by atoms with Gasteiger partial charge in [-0.05, 0) is 45.4 Å². The number of aromatic nitrogens is 1. The van der Waals surface area contributed by atoms with Crippen molar-refractivity contribution < 1.29 is 37.4 Å². The molecule has 0 saturated carbocycles. The fourth-order valence-corrected chi connectivity index (χ4v) is 2.82. The zero-order chi connectivity index (χ0) is 21.7. The molecule has 0 aliphatic heterocycles. The molecule has 7 nitrogen and oxygen atoms in total. The zero-order valence-electron chi connectivity index (χ0n) is 16.4. The minimum atomic E-state index is -3.12. The molecule has 2 aromatic rings. The molecule has 1 aromatic heterocycles. The topological polar surface area (TPSA) is 94.7 Å². The van der Waals surface area contributed by atoms with Crippen LogP contribution in [0.4, 0.5) is 8.78 Å². The number of benzene rings is 1. The summed E-state index contributed by atoms with van der Waals surface area (Å²) in [5.41, 5.74) is 0.917. The van der Waals surface area contributed by atoms with Gasteiger partial charge in [0.2, 0.25) is 5.78 Å². The lowest BCUT2D eigenvalue weighted by Gasteiger charge is -2.14. The second-order valence-electron chi connectivity index (χ2n) is 6.13. The van der Waals surface area contributed by atoms with E-state index in [0.717, 1.165) is 0 Å². The molecular formula is C20H21F2NO6. The molecule has 9 heteroatoms. The Morgan fingerprint density at radius 2 is 1.76 bits per heavy atom. The summed E-state index contributed by atoms with van der Waals surface area (Å²) in [7, 11) is 0. The van der Waals surface area contributed by atoms with Gasteiger partial charge in [0.15, 0.2) is 6.10 Å². The molecule has 29 heavy (non-hydrogen) atoms. The molecule has 0 radical (unpaired) electrons. The van der Waals surface area contributed by atoms with Crippen LogP contribution in [0.2, 0.25) is 0 Å². The molecule has 2 rings (SSSR count). The van der Waals surface area contributed by atoms with Gasteiger partial charge in [-0.15, -0.1) is 0 Å². The number of Topliss-reactive ketones (excluding diaryl/α,β-unsaturated/α-hetero) is 1. The number of esters is 2. The lowest BCUT2D eigenvalue weighted by atomic mass is 10.1. The van der Waals surface area contributed by atoms with Gasteiger partial charge < -0.3 is 19.2 Å². The third-order valence-corrected chi connectivity index (χ3v) is 4.14. The van der Waals surface area contributed by atoms with Crippen molar-refractivity contribution in [3.05, 3.63) is 52.3 Å². The summed E-state index contributed by atoms with van der Waals surface area (Å²) < 4.78 is 39.4. The van der Waals surface area contributed by atoms with Crippen LogP contribution in [0.1, 0.15) is 56.3 Å². The molecule has 1 aromatic carbocycles. The van der Waals surface area contributed by atoms with Crippen molar-refractivity contribution in [1.29, 1.82) is 0 Å². The summed E-state index contributed by atoms with van der Waals surface area (Å²) >= 11 is 0. The molecular weight excluding hydrogens is 388 g/mol. The average Bonchev–Trinajstić information content (AvgIpc) is 2.95. The average molecular weight is 409 g/mol. The third kappa shape index (κ3) is 4.98. The number of halogens is 2. The minimum Gasteiger partial charge on any atom is -0.462 e. The fraction of sp³-hybridized carbons (Fsp3) is 0.350. The van der Waals surface area contributed by atoms with E-state index in [0.29, 0.717) is 11.3 Å². The maximum absolute atomic E-state index is 12.7. The SMILES string of the molecule is CCOC(=O)c1c(C)[nH]c(C(=O)[C@H](C)OC(=O)c2ccccc2OC(F)F)c1C. The number of nitrogens with one attached hydrogen (secondary N) is 1. The van der Waals surface area contributed by atoms with E-state index in [1.54, 1.807) is 20.8 Å². The van der Waals surface area contributed by atoms with E-state index in [2.05, 4.69) is 9.72 Å². The van der Waals surface area contributed by atoms with E-state index >= 15 is 0 Å². The van der Waals surface area contributed by atoms with Crippen molar-refractivity contribution in [2.24, 2.45) is 0 Å². The predicted molar refractivity (Wildman–Crippen MR) is 98.5 cm³/mol. The molecule has 0 bridgehead atoms. The van der Waals surface area contributed by atoms with E-state index in [-0.39, 0.29) is 29.2 Å². The normalized spacial score (nSPS) is 11.8. The number of ether oxygens (including phenoxy) is 3. The van der Waals surface area contributed by atoms with Crippen molar-refractivity contribution in [2.75, 3.05) is 6.61 Å². The fourth-order valence-electron chi connectivity index (χ4n) is 2.82. The summed E-state index contributed by atoms with van der Waals surface area (Å²) in [5.74, 6) is -2.50. The van der Waals surface area contributed by atoms with Crippen molar-refractivity contribution in [3.8, 4) is 5.75 Å². The van der Waals surface area contributed by atoms with E-state index in [1.807, 2.05) is 0 Å². The zero-order valence-corrected chi connectivity index (χ0v) is 16.4. The number of rotatable bonds is 8. The smallest absolute Gasteiger partial charge is 0.387 e. The molecule has 0 spiro atoms. The Hall–Kier alpha value is -3.23. The standard InChI is InChI=1S/C20H21F2NO6/c1-5-27-19(26)15-10(2)16(23-11(15)3)17(24)12(4)28-18(25)13-8-6-7-9-14(13)29-20(21)22/h6-9,12,20,23H,5H2,1-4H3/t12-/m0/s1. The predicted octanol–water partition coefficient (Wildman–Crippen LogP) is 3.84. The van der Waals surface area contributed by atoms with Crippen molar-refractivity contribution >= 4 is 17.7 Å². The summed E-state index contributed by atoms with van der Waals surface area (Å²) in [4.78, 5) is 40.0. The highest BCUT2D eigenvalue weighted by Gasteiger charge is 2.28. The number of aromatic amines is 1. The van der Waals surface area contributed by atoms with Crippen molar-refractivity contribution in [1.82, 2.24) is 4.98 Å². The Labute approximate surface area is 166 Å². The van der Waals surface area contributed by atoms with E-state index < -0.39 is 30.4 Å². The maximum Gasteiger partial charge on any atom is 0.387 e. The van der Waals surface area contributed by atoms with Gasteiger partial charge in [-0.2, -0.15) is 8.78 Å². The number of H-pyrrole nitrogens is 1. The van der Waals surface area contributed by atoms with E-state index in [1.165, 1.54) is 31.2 Å². The van der Waals surface area contributed by atoms with Crippen LogP contribution in [-0.4, -0.2) is 42.0 Å². The first-order chi connectivity index (χ1) is 13.7. The van der Waals surface area contributed by atoms with Gasteiger partial charge in [0.1, 0.15) is 11.3 Å². The number of aryl methyl sites for hydroxylation is 1. The molecule has 1 atom stereocenters. The first-order valence-corrected chi connectivity index (χ1v) is 8.82. The Morgan fingerprint density at radius 1 is 1.10 bits per heavy atom. The molecule has 0 amide bonds. The molecule has 0 fully saturated rings. The molecule has 0 aliphatic carbocycles. The molecule has 0 aliphatic rings. The highest BCUT2D eigenvalue weighted by atomic mass is 19.3. The number of hydrogen-bond donors (Lipinski definition) is 1. The van der Waals surface area contributed by atoms with Crippen LogP contribution in [0.25, 0.3) is 0 Å². The van der Waals surface area contributed by atoms with Crippen molar-refractivity contribution in [2.45, 2.75) is 40.4 Å². The number of carbonyl (C=O) groups is 3. The van der Waals surface area contributed by atoms with Gasteiger partial charge in [-0.3, -0.25) is 4.79 Å². The highest BCUT2D eigenvalue weighted by molar-refractivity contribution is 6.04. The van der Waals surface area contributed by atoms with Crippen LogP contribution in [0.15, 0.2) is 24.3 Å². The van der Waals surface area contributed by atoms with E-state index in [4.69, 9.17) is 9.47 Å². The van der Waals surface area contributed by atoms with Crippen LogP contribution in [-0.2, 0) is 9.47 Å². The van der Waals surface area contributed by atoms with Crippen LogP contribution >= 0.6 is 0 Å². The van der Waals surface area contributed by atoms with Crippen LogP contribution in [0.5, 0.6) is 5.75 Å². The molecule has 1 N–H and O–H groups in total. The number of ketones is 1. The first kappa shape index (κ1) is 22.1. The molecule has 156 valence electrons. The summed E-state index contributed by atoms with van der Waals surface area (Å²) in [6.45, 7) is 3.26. The van der Waals surface area contributed by atoms with Crippen LogP contribution in [0.3, 0.4) is 0 Å². The third-order valence-electron chi connectivity index (χ3n) is 4.14. The second kappa shape index (κ2) is 9.31. The first-order valence-electron chi connectivity index (χ1n) is 8.82. The summed E-state index contributed by atoms with van der Waals surface area (Å²) in [5, 5.41) is 0. The van der Waals surface area contributed by atoms with Gasteiger partial charge in [-0.1, -0.05) is 12.1 Å². The summed E-state index contributed by atoms with van der Waals surface area (Å²) in [6.07, 6.45) is -1.24. The van der Waals surface area contributed by atoms with Gasteiger partial charge >= 0.3 is 18.6 Å². The molecule has 1 heterocycles. The quantitative estimate of drug-likeness (QED) is 0.526.